The summed E-state index contributed by atoms with van der Waals surface area (Å²) < 4.78 is 3.43. The van der Waals surface area contributed by atoms with E-state index in [0.29, 0.717) is 0 Å². The third-order valence-electron chi connectivity index (χ3n) is 3.03. The highest BCUT2D eigenvalue weighted by Crippen LogP contribution is 2.45. The highest BCUT2D eigenvalue weighted by molar-refractivity contribution is 14.1. The summed E-state index contributed by atoms with van der Waals surface area (Å²) in [6, 6.07) is 14.8. The van der Waals surface area contributed by atoms with Gasteiger partial charge in [0, 0.05) is 15.5 Å². The number of para-hydroxylation sites is 1. The second-order valence-electron chi connectivity index (χ2n) is 4.19. The molecular weight excluding hydrogens is 377 g/mol. The van der Waals surface area contributed by atoms with Crippen molar-refractivity contribution in [2.75, 3.05) is 11.4 Å². The number of benzene rings is 2. The molecule has 0 saturated carbocycles. The summed E-state index contributed by atoms with van der Waals surface area (Å²) in [5.74, 6) is 0. The van der Waals surface area contributed by atoms with Crippen molar-refractivity contribution in [2.45, 2.75) is 10.3 Å². The minimum Gasteiger partial charge on any atom is -0.315 e. The zero-order valence-corrected chi connectivity index (χ0v) is 13.5. The predicted octanol–water partition coefficient (Wildman–Crippen LogP) is 5.08. The van der Waals surface area contributed by atoms with E-state index in [-0.39, 0.29) is 5.38 Å². The molecule has 1 unspecified atom stereocenters. The summed E-state index contributed by atoms with van der Waals surface area (Å²) >= 11 is 10.7. The standard InChI is InChI=1S/C14H11ClINS/c1-17-12-5-3-2-4-10(12)14(15)11-7-6-9(16)8-13(11)18-17/h2-8,14H,1H3. The smallest absolute Gasteiger partial charge is 0.0867 e. The van der Waals surface area contributed by atoms with Gasteiger partial charge in [-0.15, -0.1) is 11.6 Å². The molecule has 4 heteroatoms. The first-order valence-electron chi connectivity index (χ1n) is 5.61. The Morgan fingerprint density at radius 1 is 1.17 bits per heavy atom. The number of hydrogen-bond acceptors (Lipinski definition) is 2. The zero-order valence-electron chi connectivity index (χ0n) is 9.73. The van der Waals surface area contributed by atoms with Gasteiger partial charge in [0.15, 0.2) is 0 Å². The van der Waals surface area contributed by atoms with Gasteiger partial charge in [-0.1, -0.05) is 24.3 Å². The molecule has 0 aliphatic carbocycles. The molecule has 0 N–H and O–H groups in total. The highest BCUT2D eigenvalue weighted by Gasteiger charge is 2.24. The normalized spacial score (nSPS) is 17.9. The van der Waals surface area contributed by atoms with Crippen LogP contribution in [0, 0.1) is 3.57 Å². The van der Waals surface area contributed by atoms with Crippen molar-refractivity contribution in [1.29, 1.82) is 0 Å². The van der Waals surface area contributed by atoms with E-state index in [1.165, 1.54) is 25.3 Å². The van der Waals surface area contributed by atoms with Crippen LogP contribution in [0.5, 0.6) is 0 Å². The Morgan fingerprint density at radius 2 is 1.94 bits per heavy atom. The molecule has 0 bridgehead atoms. The number of rotatable bonds is 0. The van der Waals surface area contributed by atoms with Gasteiger partial charge in [0.2, 0.25) is 0 Å². The predicted molar refractivity (Wildman–Crippen MR) is 87.6 cm³/mol. The van der Waals surface area contributed by atoms with Crippen molar-refractivity contribution in [3.05, 3.63) is 57.2 Å². The van der Waals surface area contributed by atoms with E-state index in [2.05, 4.69) is 70.3 Å². The largest absolute Gasteiger partial charge is 0.315 e. The van der Waals surface area contributed by atoms with Crippen LogP contribution in [0.25, 0.3) is 0 Å². The number of alkyl halides is 1. The molecule has 0 saturated heterocycles. The second-order valence-corrected chi connectivity index (χ2v) is 7.04. The molecule has 0 fully saturated rings. The maximum Gasteiger partial charge on any atom is 0.0867 e. The van der Waals surface area contributed by atoms with E-state index >= 15 is 0 Å². The quantitative estimate of drug-likeness (QED) is 0.352. The van der Waals surface area contributed by atoms with Gasteiger partial charge in [-0.25, -0.2) is 0 Å². The van der Waals surface area contributed by atoms with Crippen LogP contribution in [0.4, 0.5) is 5.69 Å². The molecule has 2 aromatic carbocycles. The summed E-state index contributed by atoms with van der Waals surface area (Å²) in [5.41, 5.74) is 3.56. The third-order valence-corrected chi connectivity index (χ3v) is 5.19. The Kier molecular flexibility index (Phi) is 3.47. The van der Waals surface area contributed by atoms with E-state index in [0.717, 1.165) is 0 Å². The molecule has 92 valence electrons. The summed E-state index contributed by atoms with van der Waals surface area (Å²) in [5, 5.41) is -0.0781. The Balaban J connectivity index is 2.21. The fourth-order valence-corrected chi connectivity index (χ4v) is 4.32. The summed E-state index contributed by atoms with van der Waals surface area (Å²) in [4.78, 5) is 1.24. The average molecular weight is 388 g/mol. The lowest BCUT2D eigenvalue weighted by molar-refractivity contribution is 1.09. The molecule has 1 atom stereocenters. The summed E-state index contributed by atoms with van der Waals surface area (Å²) in [6.07, 6.45) is 0. The van der Waals surface area contributed by atoms with E-state index in [9.17, 15) is 0 Å². The number of halogens is 2. The van der Waals surface area contributed by atoms with E-state index < -0.39 is 0 Å². The van der Waals surface area contributed by atoms with Gasteiger partial charge in [-0.3, -0.25) is 0 Å². The Hall–Kier alpha value is -0.390. The van der Waals surface area contributed by atoms with Crippen LogP contribution in [0.2, 0.25) is 0 Å². The van der Waals surface area contributed by atoms with Gasteiger partial charge >= 0.3 is 0 Å². The first-order valence-corrected chi connectivity index (χ1v) is 7.90. The van der Waals surface area contributed by atoms with Gasteiger partial charge in [-0.05, 0) is 63.9 Å². The molecule has 0 spiro atoms. The van der Waals surface area contributed by atoms with Crippen LogP contribution in [0.1, 0.15) is 16.5 Å². The number of hydrogen-bond donors (Lipinski definition) is 0. The molecule has 2 aromatic rings. The lowest BCUT2D eigenvalue weighted by atomic mass is 10.0. The molecular formula is C14H11ClINS. The molecule has 1 aliphatic rings. The Labute approximate surface area is 130 Å². The maximum absolute atomic E-state index is 6.66. The molecule has 1 heterocycles. The highest BCUT2D eigenvalue weighted by atomic mass is 127. The molecule has 0 radical (unpaired) electrons. The van der Waals surface area contributed by atoms with Gasteiger partial charge < -0.3 is 4.31 Å². The van der Waals surface area contributed by atoms with Crippen LogP contribution in [-0.4, -0.2) is 7.05 Å². The Bertz CT molecular complexity index is 602. The van der Waals surface area contributed by atoms with E-state index in [4.69, 9.17) is 11.6 Å². The van der Waals surface area contributed by atoms with Crippen LogP contribution in [0.3, 0.4) is 0 Å². The molecule has 1 aliphatic heterocycles. The fourth-order valence-electron chi connectivity index (χ4n) is 2.15. The lowest BCUT2D eigenvalue weighted by Crippen LogP contribution is -2.06. The third kappa shape index (κ3) is 2.12. The van der Waals surface area contributed by atoms with Crippen molar-refractivity contribution in [1.82, 2.24) is 0 Å². The van der Waals surface area contributed by atoms with Crippen LogP contribution in [0.15, 0.2) is 47.4 Å². The van der Waals surface area contributed by atoms with Crippen LogP contribution in [-0.2, 0) is 0 Å². The van der Waals surface area contributed by atoms with Gasteiger partial charge in [-0.2, -0.15) is 0 Å². The molecule has 3 rings (SSSR count). The zero-order chi connectivity index (χ0) is 12.7. The van der Waals surface area contributed by atoms with Gasteiger partial charge in [0.25, 0.3) is 0 Å². The fraction of sp³-hybridized carbons (Fsp3) is 0.143. The van der Waals surface area contributed by atoms with Gasteiger partial charge in [0.05, 0.1) is 11.1 Å². The maximum atomic E-state index is 6.66. The van der Waals surface area contributed by atoms with Crippen molar-refractivity contribution in [2.24, 2.45) is 0 Å². The lowest BCUT2D eigenvalue weighted by Gasteiger charge is -2.18. The van der Waals surface area contributed by atoms with Crippen molar-refractivity contribution < 1.29 is 0 Å². The molecule has 1 nitrogen and oxygen atoms in total. The van der Waals surface area contributed by atoms with Gasteiger partial charge in [0.1, 0.15) is 0 Å². The monoisotopic (exact) mass is 387 g/mol. The number of anilines is 1. The molecule has 0 aromatic heterocycles. The molecule has 0 amide bonds. The summed E-state index contributed by atoms with van der Waals surface area (Å²) in [6.45, 7) is 0. The first-order chi connectivity index (χ1) is 8.66. The van der Waals surface area contributed by atoms with E-state index in [1.807, 2.05) is 6.07 Å². The minimum atomic E-state index is -0.0781. The molecule has 18 heavy (non-hydrogen) atoms. The van der Waals surface area contributed by atoms with Crippen LogP contribution >= 0.6 is 46.1 Å². The second kappa shape index (κ2) is 4.94. The van der Waals surface area contributed by atoms with Crippen molar-refractivity contribution in [3.8, 4) is 0 Å². The number of nitrogens with zero attached hydrogens (tertiary/aromatic N) is 1. The minimum absolute atomic E-state index is 0.0781. The average Bonchev–Trinajstić information content (AvgIpc) is 2.47. The van der Waals surface area contributed by atoms with Crippen LogP contribution < -0.4 is 4.31 Å². The first kappa shape index (κ1) is 12.6. The SMILES string of the molecule is CN1Sc2cc(I)ccc2C(Cl)c2ccccc21. The van der Waals surface area contributed by atoms with Crippen molar-refractivity contribution >= 4 is 51.8 Å². The number of fused-ring (bicyclic) bond motifs is 2. The Morgan fingerprint density at radius 3 is 2.78 bits per heavy atom. The topological polar surface area (TPSA) is 3.24 Å². The van der Waals surface area contributed by atoms with E-state index in [1.54, 1.807) is 11.9 Å². The van der Waals surface area contributed by atoms with Crippen molar-refractivity contribution in [3.63, 3.8) is 0 Å². The summed E-state index contributed by atoms with van der Waals surface area (Å²) in [7, 11) is 2.09.